The topological polar surface area (TPSA) is 20.2 Å². The standard InChI is InChI=1S/C10H12O/c1-6(2)9-7-4-3-5-8(9)10(7)11/h3-6,9,11H,1-2H3. The third-order valence-corrected chi connectivity index (χ3v) is 2.44. The molecule has 0 saturated carbocycles. The van der Waals surface area contributed by atoms with Gasteiger partial charge in [0.25, 0.3) is 0 Å². The first kappa shape index (κ1) is 6.71. The van der Waals surface area contributed by atoms with Gasteiger partial charge in [-0.15, -0.1) is 0 Å². The summed E-state index contributed by atoms with van der Waals surface area (Å²) in [5.74, 6) is 1.63. The maximum atomic E-state index is 9.41. The van der Waals surface area contributed by atoms with Gasteiger partial charge >= 0.3 is 0 Å². The summed E-state index contributed by atoms with van der Waals surface area (Å²) in [6.07, 6.45) is 0. The average Bonchev–Trinajstić information content (AvgIpc) is 2.02. The molecule has 0 fully saturated rings. The Kier molecular flexibility index (Phi) is 1.22. The molecule has 1 N–H and O–H groups in total. The van der Waals surface area contributed by atoms with Crippen LogP contribution in [-0.4, -0.2) is 5.11 Å². The summed E-state index contributed by atoms with van der Waals surface area (Å²) in [6.45, 7) is 4.37. The molecule has 0 heterocycles. The van der Waals surface area contributed by atoms with Crippen LogP contribution < -0.4 is 0 Å². The van der Waals surface area contributed by atoms with Gasteiger partial charge in [-0.1, -0.05) is 32.0 Å². The number of para-hydroxylation sites is 1. The van der Waals surface area contributed by atoms with Crippen molar-refractivity contribution >= 4 is 0 Å². The summed E-state index contributed by atoms with van der Waals surface area (Å²) < 4.78 is 0. The second kappa shape index (κ2) is 2.00. The molecule has 2 aliphatic carbocycles. The van der Waals surface area contributed by atoms with Crippen LogP contribution in [0.1, 0.15) is 30.9 Å². The average molecular weight is 148 g/mol. The molecule has 1 aromatic carbocycles. The molecule has 0 unspecified atom stereocenters. The van der Waals surface area contributed by atoms with Crippen molar-refractivity contribution in [2.24, 2.45) is 5.92 Å². The van der Waals surface area contributed by atoms with Gasteiger partial charge < -0.3 is 5.11 Å². The molecule has 58 valence electrons. The summed E-state index contributed by atoms with van der Waals surface area (Å²) in [5, 5.41) is 9.41. The number of aromatic hydroxyl groups is 1. The molecule has 0 spiro atoms. The normalized spacial score (nSPS) is 15.2. The Hall–Kier alpha value is -0.980. The number of phenolic OH excluding ortho intramolecular Hbond substituents is 1. The number of phenols is 1. The van der Waals surface area contributed by atoms with E-state index in [1.54, 1.807) is 0 Å². The molecule has 11 heavy (non-hydrogen) atoms. The molecule has 0 radical (unpaired) electrons. The predicted octanol–water partition coefficient (Wildman–Crippen LogP) is 2.49. The number of hydrogen-bond acceptors (Lipinski definition) is 1. The van der Waals surface area contributed by atoms with Crippen molar-refractivity contribution in [2.45, 2.75) is 19.8 Å². The van der Waals surface area contributed by atoms with E-state index in [0.29, 0.717) is 17.6 Å². The quantitative estimate of drug-likeness (QED) is 0.648. The molecule has 0 amide bonds. The van der Waals surface area contributed by atoms with Gasteiger partial charge in [-0.25, -0.2) is 0 Å². The zero-order chi connectivity index (χ0) is 8.01. The van der Waals surface area contributed by atoms with Crippen LogP contribution in [-0.2, 0) is 0 Å². The molecular weight excluding hydrogens is 136 g/mol. The molecule has 0 saturated heterocycles. The van der Waals surface area contributed by atoms with Crippen molar-refractivity contribution in [3.63, 3.8) is 0 Å². The molecule has 2 aliphatic rings. The van der Waals surface area contributed by atoms with Crippen molar-refractivity contribution in [1.29, 1.82) is 0 Å². The van der Waals surface area contributed by atoms with Gasteiger partial charge in [0.15, 0.2) is 0 Å². The van der Waals surface area contributed by atoms with Crippen LogP contribution in [0.2, 0.25) is 0 Å². The maximum Gasteiger partial charge on any atom is 0.123 e. The van der Waals surface area contributed by atoms with E-state index < -0.39 is 0 Å². The highest BCUT2D eigenvalue weighted by molar-refractivity contribution is 5.58. The second-order valence-corrected chi connectivity index (χ2v) is 3.51. The lowest BCUT2D eigenvalue weighted by molar-refractivity contribution is 0.403. The molecule has 2 bridgehead atoms. The Morgan fingerprint density at radius 3 is 2.09 bits per heavy atom. The highest BCUT2D eigenvalue weighted by Gasteiger charge is 2.32. The fraction of sp³-hybridized carbons (Fsp3) is 0.400. The molecule has 1 heteroatoms. The van der Waals surface area contributed by atoms with E-state index in [4.69, 9.17) is 0 Å². The van der Waals surface area contributed by atoms with Crippen LogP contribution in [0.4, 0.5) is 0 Å². The van der Waals surface area contributed by atoms with Crippen molar-refractivity contribution in [2.75, 3.05) is 0 Å². The Bertz CT molecular complexity index is 267. The summed E-state index contributed by atoms with van der Waals surface area (Å²) >= 11 is 0. The van der Waals surface area contributed by atoms with Crippen molar-refractivity contribution in [3.8, 4) is 5.75 Å². The van der Waals surface area contributed by atoms with E-state index >= 15 is 0 Å². The van der Waals surface area contributed by atoms with Gasteiger partial charge in [-0.2, -0.15) is 0 Å². The Morgan fingerprint density at radius 2 is 1.82 bits per heavy atom. The lowest BCUT2D eigenvalue weighted by Gasteiger charge is -2.32. The monoisotopic (exact) mass is 148 g/mol. The van der Waals surface area contributed by atoms with E-state index in [1.165, 1.54) is 0 Å². The van der Waals surface area contributed by atoms with Crippen LogP contribution in [0.5, 0.6) is 5.75 Å². The van der Waals surface area contributed by atoms with Crippen LogP contribution in [0.15, 0.2) is 18.2 Å². The second-order valence-electron chi connectivity index (χ2n) is 3.51. The van der Waals surface area contributed by atoms with Crippen LogP contribution in [0, 0.1) is 5.92 Å². The fourth-order valence-electron chi connectivity index (χ4n) is 1.89. The molecule has 0 atom stereocenters. The van der Waals surface area contributed by atoms with Crippen LogP contribution >= 0.6 is 0 Å². The number of hydrogen-bond donors (Lipinski definition) is 1. The fourth-order valence-corrected chi connectivity index (χ4v) is 1.89. The summed E-state index contributed by atoms with van der Waals surface area (Å²) in [5.41, 5.74) is 2.25. The van der Waals surface area contributed by atoms with Gasteiger partial charge in [0.05, 0.1) is 0 Å². The van der Waals surface area contributed by atoms with Crippen LogP contribution in [0.3, 0.4) is 0 Å². The SMILES string of the molecule is CC(C)C1c2cccc1c2O. The molecule has 0 aliphatic heterocycles. The third-order valence-electron chi connectivity index (χ3n) is 2.44. The molecule has 0 aromatic heterocycles. The first-order valence-electron chi connectivity index (χ1n) is 4.03. The first-order valence-corrected chi connectivity index (χ1v) is 4.03. The van der Waals surface area contributed by atoms with Gasteiger partial charge in [0.2, 0.25) is 0 Å². The first-order chi connectivity index (χ1) is 5.22. The van der Waals surface area contributed by atoms with E-state index in [-0.39, 0.29) is 0 Å². The van der Waals surface area contributed by atoms with Gasteiger partial charge in [-0.3, -0.25) is 0 Å². The Morgan fingerprint density at radius 1 is 1.27 bits per heavy atom. The maximum absolute atomic E-state index is 9.41. The highest BCUT2D eigenvalue weighted by atomic mass is 16.3. The van der Waals surface area contributed by atoms with Gasteiger partial charge in [-0.05, 0) is 5.92 Å². The molecule has 1 nitrogen and oxygen atoms in total. The van der Waals surface area contributed by atoms with Gasteiger partial charge in [0.1, 0.15) is 5.75 Å². The van der Waals surface area contributed by atoms with E-state index in [0.717, 1.165) is 11.1 Å². The van der Waals surface area contributed by atoms with Crippen LogP contribution in [0.25, 0.3) is 0 Å². The summed E-state index contributed by atoms with van der Waals surface area (Å²) in [7, 11) is 0. The third kappa shape index (κ3) is 0.710. The number of rotatable bonds is 1. The minimum atomic E-state index is 0.500. The van der Waals surface area contributed by atoms with Crippen molar-refractivity contribution in [3.05, 3.63) is 29.3 Å². The lowest BCUT2D eigenvalue weighted by Crippen LogP contribution is -2.17. The smallest absolute Gasteiger partial charge is 0.123 e. The summed E-state index contributed by atoms with van der Waals surface area (Å²) in [6, 6.07) is 6.02. The largest absolute Gasteiger partial charge is 0.507 e. The van der Waals surface area contributed by atoms with Crippen molar-refractivity contribution < 1.29 is 5.11 Å². The summed E-state index contributed by atoms with van der Waals surface area (Å²) in [4.78, 5) is 0. The predicted molar refractivity (Wildman–Crippen MR) is 44.8 cm³/mol. The molecule has 3 rings (SSSR count). The van der Waals surface area contributed by atoms with Crippen molar-refractivity contribution in [1.82, 2.24) is 0 Å². The zero-order valence-electron chi connectivity index (χ0n) is 6.83. The zero-order valence-corrected chi connectivity index (χ0v) is 6.83. The minimum Gasteiger partial charge on any atom is -0.507 e. The number of fused-ring (bicyclic) bond motifs is 2. The Balaban J connectivity index is 2.43. The molecular formula is C10H12O. The lowest BCUT2D eigenvalue weighted by atomic mass is 9.73. The Labute approximate surface area is 66.7 Å². The molecule has 1 aromatic rings. The minimum absolute atomic E-state index is 0.500. The van der Waals surface area contributed by atoms with E-state index in [9.17, 15) is 5.11 Å². The van der Waals surface area contributed by atoms with E-state index in [2.05, 4.69) is 13.8 Å². The van der Waals surface area contributed by atoms with Gasteiger partial charge in [0, 0.05) is 17.0 Å². The number of benzene rings is 1. The van der Waals surface area contributed by atoms with E-state index in [1.807, 2.05) is 18.2 Å². The highest BCUT2D eigenvalue weighted by Crippen LogP contribution is 2.50.